The normalized spacial score (nSPS) is 11.8. The van der Waals surface area contributed by atoms with E-state index in [1.165, 1.54) is 5.56 Å². The summed E-state index contributed by atoms with van der Waals surface area (Å²) in [6.07, 6.45) is 0.351. The topological polar surface area (TPSA) is 38.3 Å². The highest BCUT2D eigenvalue weighted by atomic mass is 16.5. The minimum atomic E-state index is 0.00315. The van der Waals surface area contributed by atoms with Crippen LogP contribution in [-0.2, 0) is 4.79 Å². The lowest BCUT2D eigenvalue weighted by Gasteiger charge is -2.16. The van der Waals surface area contributed by atoms with E-state index in [1.54, 1.807) is 0 Å². The highest BCUT2D eigenvalue weighted by molar-refractivity contribution is 5.76. The minimum Gasteiger partial charge on any atom is -0.493 e. The van der Waals surface area contributed by atoms with Crippen molar-refractivity contribution in [3.05, 3.63) is 65.2 Å². The Morgan fingerprint density at radius 2 is 1.91 bits per heavy atom. The molecular formula is C19H23NO2. The fourth-order valence-electron chi connectivity index (χ4n) is 2.43. The van der Waals surface area contributed by atoms with Crippen molar-refractivity contribution in [1.82, 2.24) is 5.32 Å². The van der Waals surface area contributed by atoms with Gasteiger partial charge in [-0.15, -0.1) is 0 Å². The van der Waals surface area contributed by atoms with Crippen molar-refractivity contribution < 1.29 is 9.53 Å². The van der Waals surface area contributed by atoms with Crippen LogP contribution in [0.3, 0.4) is 0 Å². The molecular weight excluding hydrogens is 274 g/mol. The van der Waals surface area contributed by atoms with Crippen molar-refractivity contribution in [1.29, 1.82) is 0 Å². The molecule has 1 N–H and O–H groups in total. The summed E-state index contributed by atoms with van der Waals surface area (Å²) in [6.45, 7) is 6.46. The van der Waals surface area contributed by atoms with Crippen molar-refractivity contribution in [2.75, 3.05) is 6.61 Å². The van der Waals surface area contributed by atoms with Crippen LogP contribution in [0, 0.1) is 13.8 Å². The van der Waals surface area contributed by atoms with E-state index in [0.29, 0.717) is 13.0 Å². The zero-order chi connectivity index (χ0) is 15.9. The van der Waals surface area contributed by atoms with Crippen LogP contribution in [-0.4, -0.2) is 12.5 Å². The summed E-state index contributed by atoms with van der Waals surface area (Å²) < 4.78 is 5.61. The summed E-state index contributed by atoms with van der Waals surface area (Å²) in [7, 11) is 0. The number of amides is 1. The lowest BCUT2D eigenvalue weighted by molar-refractivity contribution is -0.122. The molecule has 3 heteroatoms. The minimum absolute atomic E-state index is 0.00315. The Kier molecular flexibility index (Phi) is 5.59. The molecule has 0 aliphatic heterocycles. The molecule has 2 aromatic rings. The molecule has 0 aliphatic carbocycles. The Hall–Kier alpha value is -2.29. The van der Waals surface area contributed by atoms with Crippen LogP contribution in [0.5, 0.6) is 5.75 Å². The van der Waals surface area contributed by atoms with Gasteiger partial charge >= 0.3 is 0 Å². The third-order valence-corrected chi connectivity index (χ3v) is 3.62. The summed E-state index contributed by atoms with van der Waals surface area (Å²) in [4.78, 5) is 12.0. The molecule has 0 aromatic heterocycles. The Bertz CT molecular complexity index is 637. The Balaban J connectivity index is 1.79. The summed E-state index contributed by atoms with van der Waals surface area (Å²) in [5.41, 5.74) is 3.48. The Labute approximate surface area is 132 Å². The van der Waals surface area contributed by atoms with Gasteiger partial charge in [-0.2, -0.15) is 0 Å². The summed E-state index contributed by atoms with van der Waals surface area (Å²) in [5, 5.41) is 3.02. The highest BCUT2D eigenvalue weighted by Gasteiger charge is 2.11. The second kappa shape index (κ2) is 7.64. The number of ether oxygens (including phenoxy) is 1. The second-order valence-electron chi connectivity index (χ2n) is 5.56. The van der Waals surface area contributed by atoms with Crippen molar-refractivity contribution in [3.8, 4) is 5.75 Å². The van der Waals surface area contributed by atoms with Gasteiger partial charge in [0.15, 0.2) is 0 Å². The zero-order valence-electron chi connectivity index (χ0n) is 13.4. The van der Waals surface area contributed by atoms with Gasteiger partial charge in [0.2, 0.25) is 5.91 Å². The standard InChI is InChI=1S/C19H23NO2/c1-14-7-6-9-17(13-14)22-12-11-19(21)20-16(3)18-10-5-4-8-15(18)2/h4-10,13,16H,11-12H2,1-3H3,(H,20,21). The molecule has 2 rings (SSSR count). The third-order valence-electron chi connectivity index (χ3n) is 3.62. The van der Waals surface area contributed by atoms with Crippen LogP contribution in [0.15, 0.2) is 48.5 Å². The number of carbonyl (C=O) groups excluding carboxylic acids is 1. The average Bonchev–Trinajstić information content (AvgIpc) is 2.47. The molecule has 1 unspecified atom stereocenters. The van der Waals surface area contributed by atoms with Gasteiger partial charge in [0, 0.05) is 0 Å². The maximum absolute atomic E-state index is 12.0. The molecule has 0 bridgehead atoms. The molecule has 1 amide bonds. The number of carbonyl (C=O) groups is 1. The van der Waals surface area contributed by atoms with Crippen LogP contribution in [0.1, 0.15) is 36.1 Å². The van der Waals surface area contributed by atoms with Crippen LogP contribution >= 0.6 is 0 Å². The molecule has 116 valence electrons. The number of nitrogens with one attached hydrogen (secondary N) is 1. The maximum atomic E-state index is 12.0. The Morgan fingerprint density at radius 3 is 2.64 bits per heavy atom. The average molecular weight is 297 g/mol. The monoisotopic (exact) mass is 297 g/mol. The van der Waals surface area contributed by atoms with Gasteiger partial charge in [0.05, 0.1) is 19.1 Å². The number of aryl methyl sites for hydroxylation is 2. The first-order valence-electron chi connectivity index (χ1n) is 7.60. The predicted octanol–water partition coefficient (Wildman–Crippen LogP) is 3.95. The zero-order valence-corrected chi connectivity index (χ0v) is 13.4. The molecule has 0 heterocycles. The van der Waals surface area contributed by atoms with Crippen LogP contribution in [0.4, 0.5) is 0 Å². The lowest BCUT2D eigenvalue weighted by Crippen LogP contribution is -2.28. The van der Waals surface area contributed by atoms with Gasteiger partial charge in [-0.05, 0) is 49.6 Å². The van der Waals surface area contributed by atoms with Gasteiger partial charge in [-0.1, -0.05) is 36.4 Å². The number of hydrogen-bond donors (Lipinski definition) is 1. The quantitative estimate of drug-likeness (QED) is 0.876. The van der Waals surface area contributed by atoms with Crippen LogP contribution < -0.4 is 10.1 Å². The third kappa shape index (κ3) is 4.62. The predicted molar refractivity (Wildman–Crippen MR) is 89.0 cm³/mol. The smallest absolute Gasteiger partial charge is 0.223 e. The first-order chi connectivity index (χ1) is 10.6. The SMILES string of the molecule is Cc1cccc(OCCC(=O)NC(C)c2ccccc2C)c1. The number of rotatable bonds is 6. The first kappa shape index (κ1) is 16.1. The van der Waals surface area contributed by atoms with Gasteiger partial charge in [0.1, 0.15) is 5.75 Å². The molecule has 0 fully saturated rings. The molecule has 0 radical (unpaired) electrons. The molecule has 0 aliphatic rings. The van der Waals surface area contributed by atoms with Crippen LogP contribution in [0.2, 0.25) is 0 Å². The number of hydrogen-bond acceptors (Lipinski definition) is 2. The van der Waals surface area contributed by atoms with Gasteiger partial charge in [-0.3, -0.25) is 4.79 Å². The number of benzene rings is 2. The molecule has 1 atom stereocenters. The fraction of sp³-hybridized carbons (Fsp3) is 0.316. The van der Waals surface area contributed by atoms with Gasteiger partial charge in [0.25, 0.3) is 0 Å². The highest BCUT2D eigenvalue weighted by Crippen LogP contribution is 2.17. The van der Waals surface area contributed by atoms with Crippen molar-refractivity contribution in [2.24, 2.45) is 0 Å². The van der Waals surface area contributed by atoms with Crippen molar-refractivity contribution in [2.45, 2.75) is 33.2 Å². The summed E-state index contributed by atoms with van der Waals surface area (Å²) in [6, 6.07) is 15.9. The van der Waals surface area contributed by atoms with Gasteiger partial charge < -0.3 is 10.1 Å². The van der Waals surface area contributed by atoms with E-state index in [-0.39, 0.29) is 11.9 Å². The van der Waals surface area contributed by atoms with E-state index in [4.69, 9.17) is 4.74 Å². The van der Waals surface area contributed by atoms with E-state index in [1.807, 2.05) is 56.3 Å². The van der Waals surface area contributed by atoms with E-state index in [9.17, 15) is 4.79 Å². The van der Waals surface area contributed by atoms with Gasteiger partial charge in [-0.25, -0.2) is 0 Å². The van der Waals surface area contributed by atoms with E-state index in [0.717, 1.165) is 16.9 Å². The maximum Gasteiger partial charge on any atom is 0.223 e. The molecule has 22 heavy (non-hydrogen) atoms. The second-order valence-corrected chi connectivity index (χ2v) is 5.56. The largest absolute Gasteiger partial charge is 0.493 e. The summed E-state index contributed by atoms with van der Waals surface area (Å²) in [5.74, 6) is 0.808. The van der Waals surface area contributed by atoms with E-state index in [2.05, 4.69) is 18.3 Å². The van der Waals surface area contributed by atoms with Crippen molar-refractivity contribution in [3.63, 3.8) is 0 Å². The molecule has 0 saturated carbocycles. The van der Waals surface area contributed by atoms with Crippen LogP contribution in [0.25, 0.3) is 0 Å². The summed E-state index contributed by atoms with van der Waals surface area (Å²) >= 11 is 0. The van der Waals surface area contributed by atoms with E-state index >= 15 is 0 Å². The van der Waals surface area contributed by atoms with E-state index < -0.39 is 0 Å². The molecule has 0 saturated heterocycles. The molecule has 2 aromatic carbocycles. The Morgan fingerprint density at radius 1 is 1.14 bits per heavy atom. The van der Waals surface area contributed by atoms with Crippen molar-refractivity contribution >= 4 is 5.91 Å². The molecule has 3 nitrogen and oxygen atoms in total. The first-order valence-corrected chi connectivity index (χ1v) is 7.60. The lowest BCUT2D eigenvalue weighted by atomic mass is 10.0. The molecule has 0 spiro atoms. The fourth-order valence-corrected chi connectivity index (χ4v) is 2.43.